The zero-order valence-corrected chi connectivity index (χ0v) is 21.2. The fourth-order valence-electron chi connectivity index (χ4n) is 4.73. The first-order valence-corrected chi connectivity index (χ1v) is 12.7. The Labute approximate surface area is 208 Å². The van der Waals surface area contributed by atoms with Crippen molar-refractivity contribution in [2.24, 2.45) is 5.92 Å². The Hall–Kier alpha value is -2.83. The molecule has 8 heteroatoms. The fourth-order valence-corrected chi connectivity index (χ4v) is 5.63. The maximum absolute atomic E-state index is 10.2. The molecule has 2 heterocycles. The zero-order valence-electron chi connectivity index (χ0n) is 20.4. The molecule has 1 aromatic heterocycles. The van der Waals surface area contributed by atoms with Crippen molar-refractivity contribution in [2.45, 2.75) is 32.1 Å². The van der Waals surface area contributed by atoms with Gasteiger partial charge in [-0.2, -0.15) is 15.8 Å². The van der Waals surface area contributed by atoms with Crippen molar-refractivity contribution in [3.8, 4) is 24.0 Å². The van der Waals surface area contributed by atoms with Crippen LogP contribution >= 0.6 is 11.3 Å². The van der Waals surface area contributed by atoms with Crippen LogP contribution in [0.2, 0.25) is 0 Å². The molecule has 0 spiro atoms. The summed E-state index contributed by atoms with van der Waals surface area (Å²) in [5, 5.41) is 28.5. The van der Waals surface area contributed by atoms with E-state index < -0.39 is 5.41 Å². The second-order valence-corrected chi connectivity index (χ2v) is 10.5. The number of benzene rings is 1. The predicted octanol–water partition coefficient (Wildman–Crippen LogP) is 2.64. The Morgan fingerprint density at radius 2 is 1.76 bits per heavy atom. The van der Waals surface area contributed by atoms with E-state index in [1.54, 1.807) is 12.1 Å². The third-order valence-electron chi connectivity index (χ3n) is 6.84. The van der Waals surface area contributed by atoms with Crippen LogP contribution in [0.5, 0.6) is 5.75 Å². The number of hydrogen-bond donors (Lipinski definition) is 0. The van der Waals surface area contributed by atoms with E-state index in [0.717, 1.165) is 68.2 Å². The maximum atomic E-state index is 10.2. The highest BCUT2D eigenvalue weighted by Crippen LogP contribution is 2.37. The average molecular weight is 473 g/mol. The third-order valence-corrected chi connectivity index (χ3v) is 7.80. The highest BCUT2D eigenvalue weighted by Gasteiger charge is 2.38. The molecule has 2 aromatic rings. The molecular formula is C26H32BN5OS. The Bertz CT molecular complexity index is 1090. The van der Waals surface area contributed by atoms with Crippen LogP contribution in [-0.2, 0) is 5.41 Å². The molecule has 1 aromatic carbocycles. The van der Waals surface area contributed by atoms with Gasteiger partial charge in [0.1, 0.15) is 23.3 Å². The molecule has 176 valence electrons. The first-order chi connectivity index (χ1) is 16.4. The summed E-state index contributed by atoms with van der Waals surface area (Å²) in [7, 11) is 2.03. The first-order valence-electron chi connectivity index (χ1n) is 11.9. The highest BCUT2D eigenvalue weighted by molar-refractivity contribution is 7.20. The molecule has 1 atom stereocenters. The molecule has 0 radical (unpaired) electrons. The van der Waals surface area contributed by atoms with E-state index in [4.69, 9.17) is 10.00 Å². The molecule has 0 amide bonds. The molecule has 1 aliphatic heterocycles. The van der Waals surface area contributed by atoms with E-state index in [1.165, 1.54) is 11.3 Å². The lowest BCUT2D eigenvalue weighted by Crippen LogP contribution is -2.47. The van der Waals surface area contributed by atoms with Gasteiger partial charge in [-0.05, 0) is 59.9 Å². The van der Waals surface area contributed by atoms with Gasteiger partial charge in [-0.3, -0.25) is 4.90 Å². The Morgan fingerprint density at radius 3 is 2.35 bits per heavy atom. The van der Waals surface area contributed by atoms with Crippen molar-refractivity contribution in [1.82, 2.24) is 9.80 Å². The Balaban J connectivity index is 1.45. The van der Waals surface area contributed by atoms with Crippen LogP contribution in [0.25, 0.3) is 0 Å². The molecule has 0 saturated carbocycles. The molecule has 0 N–H and O–H groups in total. The minimum atomic E-state index is -0.544. The Kier molecular flexibility index (Phi) is 9.14. The number of rotatable bonds is 10. The molecule has 1 unspecified atom stereocenters. The minimum Gasteiger partial charge on any atom is -0.492 e. The van der Waals surface area contributed by atoms with Gasteiger partial charge < -0.3 is 9.64 Å². The lowest BCUT2D eigenvalue weighted by molar-refractivity contribution is 0.114. The first kappa shape index (κ1) is 25.8. The molecule has 0 aliphatic carbocycles. The summed E-state index contributed by atoms with van der Waals surface area (Å²) in [6.45, 7) is 10.7. The van der Waals surface area contributed by atoms with Gasteiger partial charge in [0, 0.05) is 32.7 Å². The van der Waals surface area contributed by atoms with Crippen molar-refractivity contribution in [1.29, 1.82) is 15.8 Å². The molecule has 0 bridgehead atoms. The molecule has 3 rings (SSSR count). The standard InChI is InChI=1S/C26H32BN5OS/c1-20(2)26(19-30,24-16-23(18-29)34-25(24)27)7-4-8-31-9-11-32(12-10-31)13-14-33-22-6-3-5-21(15-22)17-28/h3,5-6,15-16,20H,4,7-14,27H2,1-2H3. The zero-order chi connectivity index (χ0) is 24.6. The third kappa shape index (κ3) is 6.19. The van der Waals surface area contributed by atoms with Gasteiger partial charge in [-0.25, -0.2) is 0 Å². The van der Waals surface area contributed by atoms with Crippen molar-refractivity contribution in [3.05, 3.63) is 46.3 Å². The van der Waals surface area contributed by atoms with Crippen LogP contribution in [0.4, 0.5) is 0 Å². The molecule has 34 heavy (non-hydrogen) atoms. The fraction of sp³-hybridized carbons (Fsp3) is 0.500. The van der Waals surface area contributed by atoms with Crippen LogP contribution in [-0.4, -0.2) is 63.5 Å². The molecular weight excluding hydrogens is 441 g/mol. The lowest BCUT2D eigenvalue weighted by atomic mass is 9.68. The van der Waals surface area contributed by atoms with Gasteiger partial charge >= 0.3 is 0 Å². The number of piperazine rings is 1. The van der Waals surface area contributed by atoms with Gasteiger partial charge in [0.2, 0.25) is 0 Å². The van der Waals surface area contributed by atoms with Crippen molar-refractivity contribution in [3.63, 3.8) is 0 Å². The van der Waals surface area contributed by atoms with Crippen LogP contribution in [0.15, 0.2) is 30.3 Å². The minimum absolute atomic E-state index is 0.183. The SMILES string of the molecule is Bc1sc(C#N)cc1C(C#N)(CCCN1CCN(CCOc2cccc(C#N)c2)CC1)C(C)C. The quantitative estimate of drug-likeness (QED) is 0.493. The van der Waals surface area contributed by atoms with E-state index >= 15 is 0 Å². The maximum Gasteiger partial charge on any atom is 0.153 e. The summed E-state index contributed by atoms with van der Waals surface area (Å²) in [4.78, 5) is 5.58. The summed E-state index contributed by atoms with van der Waals surface area (Å²) in [6.07, 6.45) is 1.76. The molecule has 6 nitrogen and oxygen atoms in total. The summed E-state index contributed by atoms with van der Waals surface area (Å²) < 4.78 is 6.91. The predicted molar refractivity (Wildman–Crippen MR) is 138 cm³/mol. The van der Waals surface area contributed by atoms with Gasteiger partial charge in [-0.1, -0.05) is 19.9 Å². The Morgan fingerprint density at radius 1 is 1.06 bits per heavy atom. The summed E-state index contributed by atoms with van der Waals surface area (Å²) >= 11 is 1.49. The summed E-state index contributed by atoms with van der Waals surface area (Å²) in [5.74, 6) is 0.926. The lowest BCUT2D eigenvalue weighted by Gasteiger charge is -2.36. The van der Waals surface area contributed by atoms with E-state index in [-0.39, 0.29) is 5.92 Å². The summed E-state index contributed by atoms with van der Waals surface area (Å²) in [5.41, 5.74) is 1.11. The number of nitrogens with zero attached hydrogens (tertiary/aromatic N) is 5. The van der Waals surface area contributed by atoms with Gasteiger partial charge in [0.25, 0.3) is 0 Å². The van der Waals surface area contributed by atoms with E-state index in [9.17, 15) is 10.5 Å². The van der Waals surface area contributed by atoms with Crippen LogP contribution in [0.1, 0.15) is 42.7 Å². The monoisotopic (exact) mass is 473 g/mol. The number of nitriles is 3. The van der Waals surface area contributed by atoms with Crippen LogP contribution in [0, 0.1) is 39.9 Å². The highest BCUT2D eigenvalue weighted by atomic mass is 32.1. The van der Waals surface area contributed by atoms with E-state index in [2.05, 4.69) is 41.9 Å². The largest absolute Gasteiger partial charge is 0.492 e. The van der Waals surface area contributed by atoms with Gasteiger partial charge in [-0.15, -0.1) is 11.3 Å². The van der Waals surface area contributed by atoms with Crippen molar-refractivity contribution >= 4 is 24.0 Å². The smallest absolute Gasteiger partial charge is 0.153 e. The van der Waals surface area contributed by atoms with Gasteiger partial charge in [0.05, 0.1) is 23.1 Å². The van der Waals surface area contributed by atoms with E-state index in [0.29, 0.717) is 17.0 Å². The van der Waals surface area contributed by atoms with Gasteiger partial charge in [0.15, 0.2) is 7.85 Å². The topological polar surface area (TPSA) is 87.1 Å². The van der Waals surface area contributed by atoms with E-state index in [1.807, 2.05) is 26.0 Å². The van der Waals surface area contributed by atoms with Crippen molar-refractivity contribution in [2.75, 3.05) is 45.9 Å². The van der Waals surface area contributed by atoms with Crippen molar-refractivity contribution < 1.29 is 4.74 Å². The number of thiophene rings is 1. The second-order valence-electron chi connectivity index (χ2n) is 9.21. The van der Waals surface area contributed by atoms with Crippen LogP contribution in [0.3, 0.4) is 0 Å². The number of ether oxygens (including phenoxy) is 1. The normalized spacial score (nSPS) is 16.4. The number of hydrogen-bond acceptors (Lipinski definition) is 7. The second kappa shape index (κ2) is 12.0. The molecule has 1 saturated heterocycles. The van der Waals surface area contributed by atoms with Crippen LogP contribution < -0.4 is 9.51 Å². The molecule has 1 fully saturated rings. The molecule has 1 aliphatic rings. The summed E-state index contributed by atoms with van der Waals surface area (Å²) in [6, 6.07) is 16.2. The average Bonchev–Trinajstić information content (AvgIpc) is 3.24.